The van der Waals surface area contributed by atoms with Crippen LogP contribution in [0, 0.1) is 6.92 Å². The summed E-state index contributed by atoms with van der Waals surface area (Å²) >= 11 is 8.02. The third-order valence-electron chi connectivity index (χ3n) is 3.17. The number of hydrogen-bond donors (Lipinski definition) is 1. The summed E-state index contributed by atoms with van der Waals surface area (Å²) in [6.07, 6.45) is 0. The van der Waals surface area contributed by atoms with Gasteiger partial charge in [-0.25, -0.2) is 0 Å². The third kappa shape index (κ3) is 2.94. The van der Waals surface area contributed by atoms with E-state index in [4.69, 9.17) is 11.6 Å². The lowest BCUT2D eigenvalue weighted by Crippen LogP contribution is -2.22. The van der Waals surface area contributed by atoms with Crippen molar-refractivity contribution < 1.29 is 0 Å². The van der Waals surface area contributed by atoms with Gasteiger partial charge in [0.05, 0.1) is 0 Å². The Morgan fingerprint density at radius 3 is 2.44 bits per heavy atom. The average Bonchev–Trinajstić information content (AvgIpc) is 2.76. The smallest absolute Gasteiger partial charge is 0.0453 e. The lowest BCUT2D eigenvalue weighted by Gasteiger charge is -2.21. The van der Waals surface area contributed by atoms with E-state index in [1.807, 2.05) is 18.2 Å². The van der Waals surface area contributed by atoms with Crippen molar-refractivity contribution in [3.63, 3.8) is 0 Å². The van der Waals surface area contributed by atoms with E-state index < -0.39 is 0 Å². The van der Waals surface area contributed by atoms with Crippen LogP contribution in [0.25, 0.3) is 0 Å². The van der Waals surface area contributed by atoms with E-state index in [2.05, 4.69) is 43.6 Å². The third-order valence-corrected chi connectivity index (χ3v) is 4.71. The lowest BCUT2D eigenvalue weighted by molar-refractivity contribution is 0.499. The van der Waals surface area contributed by atoms with Gasteiger partial charge < -0.3 is 5.32 Å². The fraction of sp³-hybridized carbons (Fsp3) is 0.333. The topological polar surface area (TPSA) is 12.0 Å². The molecule has 2 unspecified atom stereocenters. The van der Waals surface area contributed by atoms with Crippen molar-refractivity contribution >= 4 is 22.9 Å². The molecule has 1 N–H and O–H groups in total. The molecule has 0 saturated heterocycles. The largest absolute Gasteiger partial charge is 0.303 e. The Labute approximate surface area is 118 Å². The Bertz CT molecular complexity index is 521. The number of aryl methyl sites for hydroxylation is 1. The van der Waals surface area contributed by atoms with Gasteiger partial charge in [-0.3, -0.25) is 0 Å². The molecule has 0 saturated carbocycles. The van der Waals surface area contributed by atoms with E-state index in [9.17, 15) is 0 Å². The molecule has 0 spiro atoms. The number of halogens is 1. The number of thiophene rings is 1. The second-order valence-electron chi connectivity index (χ2n) is 4.60. The minimum atomic E-state index is 0.246. The van der Waals surface area contributed by atoms with Crippen molar-refractivity contribution in [2.45, 2.75) is 32.9 Å². The van der Waals surface area contributed by atoms with Crippen molar-refractivity contribution in [3.8, 4) is 0 Å². The van der Waals surface area contributed by atoms with E-state index in [-0.39, 0.29) is 6.04 Å². The molecule has 0 aliphatic carbocycles. The highest BCUT2D eigenvalue weighted by Crippen LogP contribution is 2.28. The standard InChI is InChI=1S/C15H18ClNS/c1-10-8-9-18-15(10)12(3)17-11(2)13-6-4-5-7-14(13)16/h4-9,11-12,17H,1-3H3. The Hall–Kier alpha value is -0.830. The number of nitrogens with one attached hydrogen (secondary N) is 1. The number of benzene rings is 1. The van der Waals surface area contributed by atoms with Gasteiger partial charge in [0, 0.05) is 22.0 Å². The van der Waals surface area contributed by atoms with Crippen molar-refractivity contribution in [1.29, 1.82) is 0 Å². The highest BCUT2D eigenvalue weighted by molar-refractivity contribution is 7.10. The van der Waals surface area contributed by atoms with Crippen LogP contribution in [-0.2, 0) is 0 Å². The van der Waals surface area contributed by atoms with Gasteiger partial charge in [0.15, 0.2) is 0 Å². The van der Waals surface area contributed by atoms with Gasteiger partial charge in [-0.15, -0.1) is 11.3 Å². The highest BCUT2D eigenvalue weighted by Gasteiger charge is 2.15. The molecule has 2 atom stereocenters. The molecule has 2 aromatic rings. The lowest BCUT2D eigenvalue weighted by atomic mass is 10.1. The predicted molar refractivity (Wildman–Crippen MR) is 80.5 cm³/mol. The van der Waals surface area contributed by atoms with Gasteiger partial charge in [0.2, 0.25) is 0 Å². The molecule has 0 radical (unpaired) electrons. The Kier molecular flexibility index (Phi) is 4.44. The monoisotopic (exact) mass is 279 g/mol. The van der Waals surface area contributed by atoms with Crippen LogP contribution in [-0.4, -0.2) is 0 Å². The zero-order chi connectivity index (χ0) is 13.1. The molecular formula is C15H18ClNS. The summed E-state index contributed by atoms with van der Waals surface area (Å²) in [5.41, 5.74) is 2.51. The Morgan fingerprint density at radius 2 is 1.83 bits per heavy atom. The average molecular weight is 280 g/mol. The van der Waals surface area contributed by atoms with Gasteiger partial charge in [-0.1, -0.05) is 29.8 Å². The van der Waals surface area contributed by atoms with Crippen LogP contribution in [0.15, 0.2) is 35.7 Å². The van der Waals surface area contributed by atoms with Crippen LogP contribution >= 0.6 is 22.9 Å². The summed E-state index contributed by atoms with van der Waals surface area (Å²) in [6, 6.07) is 10.8. The molecule has 1 heterocycles. The van der Waals surface area contributed by atoms with Crippen LogP contribution in [0.3, 0.4) is 0 Å². The summed E-state index contributed by atoms with van der Waals surface area (Å²) in [5.74, 6) is 0. The van der Waals surface area contributed by atoms with E-state index in [1.54, 1.807) is 11.3 Å². The molecule has 0 aliphatic rings. The predicted octanol–water partition coefficient (Wildman–Crippen LogP) is 5.12. The molecule has 0 bridgehead atoms. The van der Waals surface area contributed by atoms with Gasteiger partial charge in [0.25, 0.3) is 0 Å². The van der Waals surface area contributed by atoms with E-state index >= 15 is 0 Å². The quantitative estimate of drug-likeness (QED) is 0.819. The molecule has 2 rings (SSSR count). The van der Waals surface area contributed by atoms with E-state index in [1.165, 1.54) is 10.4 Å². The maximum Gasteiger partial charge on any atom is 0.0453 e. The van der Waals surface area contributed by atoms with Crippen LogP contribution in [0.2, 0.25) is 5.02 Å². The summed E-state index contributed by atoms with van der Waals surface area (Å²) in [4.78, 5) is 1.40. The summed E-state index contributed by atoms with van der Waals surface area (Å²) in [7, 11) is 0. The number of rotatable bonds is 4. The molecule has 96 valence electrons. The first-order valence-electron chi connectivity index (χ1n) is 6.14. The van der Waals surface area contributed by atoms with Gasteiger partial charge >= 0.3 is 0 Å². The molecule has 1 aromatic heterocycles. The minimum Gasteiger partial charge on any atom is -0.303 e. The maximum absolute atomic E-state index is 6.22. The van der Waals surface area contributed by atoms with E-state index in [0.717, 1.165) is 10.6 Å². The summed E-state index contributed by atoms with van der Waals surface area (Å²) in [6.45, 7) is 6.51. The number of hydrogen-bond acceptors (Lipinski definition) is 2. The first kappa shape index (κ1) is 13.6. The fourth-order valence-corrected chi connectivity index (χ4v) is 3.44. The molecule has 1 nitrogen and oxygen atoms in total. The van der Waals surface area contributed by atoms with Gasteiger partial charge in [-0.05, 0) is 49.4 Å². The maximum atomic E-state index is 6.22. The zero-order valence-electron chi connectivity index (χ0n) is 10.9. The van der Waals surface area contributed by atoms with E-state index in [0.29, 0.717) is 6.04 Å². The van der Waals surface area contributed by atoms with Crippen LogP contribution in [0.1, 0.15) is 41.9 Å². The first-order valence-corrected chi connectivity index (χ1v) is 7.40. The normalized spacial score (nSPS) is 14.4. The van der Waals surface area contributed by atoms with Crippen molar-refractivity contribution in [2.24, 2.45) is 0 Å². The Morgan fingerprint density at radius 1 is 1.11 bits per heavy atom. The molecule has 3 heteroatoms. The van der Waals surface area contributed by atoms with Gasteiger partial charge in [0.1, 0.15) is 0 Å². The summed E-state index contributed by atoms with van der Waals surface area (Å²) < 4.78 is 0. The highest BCUT2D eigenvalue weighted by atomic mass is 35.5. The first-order chi connectivity index (χ1) is 8.59. The van der Waals surface area contributed by atoms with Crippen LogP contribution < -0.4 is 5.32 Å². The molecule has 18 heavy (non-hydrogen) atoms. The summed E-state index contributed by atoms with van der Waals surface area (Å²) in [5, 5.41) is 6.57. The molecule has 1 aromatic carbocycles. The second kappa shape index (κ2) is 5.87. The molecule has 0 aliphatic heterocycles. The second-order valence-corrected chi connectivity index (χ2v) is 5.95. The zero-order valence-corrected chi connectivity index (χ0v) is 12.5. The molecular weight excluding hydrogens is 262 g/mol. The van der Waals surface area contributed by atoms with Crippen molar-refractivity contribution in [3.05, 3.63) is 56.7 Å². The SMILES string of the molecule is Cc1ccsc1C(C)NC(C)c1ccccc1Cl. The van der Waals surface area contributed by atoms with Crippen LogP contribution in [0.5, 0.6) is 0 Å². The van der Waals surface area contributed by atoms with Crippen LogP contribution in [0.4, 0.5) is 0 Å². The minimum absolute atomic E-state index is 0.246. The van der Waals surface area contributed by atoms with Crippen molar-refractivity contribution in [2.75, 3.05) is 0 Å². The van der Waals surface area contributed by atoms with Crippen molar-refractivity contribution in [1.82, 2.24) is 5.32 Å². The fourth-order valence-electron chi connectivity index (χ4n) is 2.19. The molecule has 0 fully saturated rings. The molecule has 0 amide bonds. The Balaban J connectivity index is 2.11. The van der Waals surface area contributed by atoms with Gasteiger partial charge in [-0.2, -0.15) is 0 Å².